The molecule has 3 nitrogen and oxygen atoms in total. The van der Waals surface area contributed by atoms with Crippen molar-refractivity contribution >= 4 is 21.7 Å². The van der Waals surface area contributed by atoms with E-state index in [-0.39, 0.29) is 11.5 Å². The second-order valence-electron chi connectivity index (χ2n) is 3.18. The Bertz CT molecular complexity index is 449. The second kappa shape index (κ2) is 6.03. The summed E-state index contributed by atoms with van der Waals surface area (Å²) in [5.74, 6) is 0.341. The van der Waals surface area contributed by atoms with E-state index in [1.165, 1.54) is 12.1 Å². The lowest BCUT2D eigenvalue weighted by Crippen LogP contribution is -2.06. The van der Waals surface area contributed by atoms with Crippen LogP contribution in [-0.4, -0.2) is 20.9 Å². The van der Waals surface area contributed by atoms with Crippen molar-refractivity contribution in [1.29, 1.82) is 0 Å². The minimum Gasteiger partial charge on any atom is -0.262 e. The van der Waals surface area contributed by atoms with Crippen LogP contribution in [0.1, 0.15) is 5.56 Å². The van der Waals surface area contributed by atoms with Crippen LogP contribution in [0.4, 0.5) is 0 Å². The van der Waals surface area contributed by atoms with E-state index in [0.717, 1.165) is 5.56 Å². The summed E-state index contributed by atoms with van der Waals surface area (Å²) in [5.41, 5.74) is 1.00. The zero-order valence-corrected chi connectivity index (χ0v) is 10.5. The molecule has 0 aromatic heterocycles. The van der Waals surface area contributed by atoms with Crippen molar-refractivity contribution in [3.8, 4) is 0 Å². The van der Waals surface area contributed by atoms with Gasteiger partial charge in [-0.05, 0) is 19.1 Å². The first-order chi connectivity index (χ1) is 7.56. The van der Waals surface area contributed by atoms with E-state index in [0.29, 0.717) is 5.88 Å². The van der Waals surface area contributed by atoms with Gasteiger partial charge in [0.15, 0.2) is 0 Å². The van der Waals surface area contributed by atoms with E-state index in [9.17, 15) is 8.42 Å². The quantitative estimate of drug-likeness (QED) is 0.464. The maximum Gasteiger partial charge on any atom is 0.297 e. The van der Waals surface area contributed by atoms with Crippen molar-refractivity contribution in [3.05, 3.63) is 42.0 Å². The van der Waals surface area contributed by atoms with Gasteiger partial charge in [-0.15, -0.1) is 11.6 Å². The van der Waals surface area contributed by atoms with Gasteiger partial charge in [-0.2, -0.15) is 8.42 Å². The molecule has 1 aromatic carbocycles. The molecule has 0 bridgehead atoms. The zero-order chi connectivity index (χ0) is 12.0. The van der Waals surface area contributed by atoms with E-state index in [1.54, 1.807) is 24.3 Å². The van der Waals surface area contributed by atoms with Crippen LogP contribution in [0.2, 0.25) is 0 Å². The highest BCUT2D eigenvalue weighted by atomic mass is 35.5. The molecule has 0 fully saturated rings. The SMILES string of the molecule is Cc1ccc(S(=O)(=O)OCC=CCCl)cc1. The predicted octanol–water partition coefficient (Wildman–Crippen LogP) is 2.50. The van der Waals surface area contributed by atoms with Crippen LogP contribution in [0.15, 0.2) is 41.3 Å². The smallest absolute Gasteiger partial charge is 0.262 e. The summed E-state index contributed by atoms with van der Waals surface area (Å²) in [6.07, 6.45) is 3.20. The Labute approximate surface area is 101 Å². The topological polar surface area (TPSA) is 43.4 Å². The standard InChI is InChI=1S/C11H13ClO3S/c1-10-4-6-11(7-5-10)16(13,14)15-9-3-2-8-12/h2-7H,8-9H2,1H3. The molecule has 1 aromatic rings. The Balaban J connectivity index is 2.71. The Morgan fingerprint density at radius 2 is 1.88 bits per heavy atom. The van der Waals surface area contributed by atoms with Gasteiger partial charge < -0.3 is 0 Å². The molecule has 0 amide bonds. The Morgan fingerprint density at radius 1 is 1.25 bits per heavy atom. The molecule has 1 rings (SSSR count). The van der Waals surface area contributed by atoms with Crippen LogP contribution < -0.4 is 0 Å². The number of hydrogen-bond donors (Lipinski definition) is 0. The molecular weight excluding hydrogens is 248 g/mol. The van der Waals surface area contributed by atoms with Crippen molar-refractivity contribution in [3.63, 3.8) is 0 Å². The molecule has 0 aliphatic rings. The molecular formula is C11H13ClO3S. The summed E-state index contributed by atoms with van der Waals surface area (Å²) in [4.78, 5) is 0.164. The molecule has 0 aliphatic carbocycles. The highest BCUT2D eigenvalue weighted by Crippen LogP contribution is 2.12. The van der Waals surface area contributed by atoms with Crippen molar-refractivity contribution in [2.24, 2.45) is 0 Å². The van der Waals surface area contributed by atoms with Gasteiger partial charge in [0.05, 0.1) is 11.5 Å². The first kappa shape index (κ1) is 13.2. The van der Waals surface area contributed by atoms with Crippen molar-refractivity contribution in [1.82, 2.24) is 0 Å². The first-order valence-corrected chi connectivity index (χ1v) is 6.67. The molecule has 0 saturated carbocycles. The lowest BCUT2D eigenvalue weighted by atomic mass is 10.2. The van der Waals surface area contributed by atoms with E-state index >= 15 is 0 Å². The molecule has 16 heavy (non-hydrogen) atoms. The summed E-state index contributed by atoms with van der Waals surface area (Å²) >= 11 is 5.39. The molecule has 88 valence electrons. The normalized spacial score (nSPS) is 12.1. The zero-order valence-electron chi connectivity index (χ0n) is 8.89. The van der Waals surface area contributed by atoms with Crippen molar-refractivity contribution in [2.75, 3.05) is 12.5 Å². The Kier molecular flexibility index (Phi) is 4.99. The van der Waals surface area contributed by atoms with Crippen LogP contribution in [-0.2, 0) is 14.3 Å². The van der Waals surface area contributed by atoms with Gasteiger partial charge >= 0.3 is 0 Å². The van der Waals surface area contributed by atoms with Gasteiger partial charge in [-0.3, -0.25) is 4.18 Å². The highest BCUT2D eigenvalue weighted by molar-refractivity contribution is 7.86. The average molecular weight is 261 g/mol. The second-order valence-corrected chi connectivity index (χ2v) is 5.10. The van der Waals surface area contributed by atoms with Crippen LogP contribution in [0.5, 0.6) is 0 Å². The van der Waals surface area contributed by atoms with Crippen LogP contribution in [0.25, 0.3) is 0 Å². The van der Waals surface area contributed by atoms with Gasteiger partial charge in [-0.25, -0.2) is 0 Å². The maximum atomic E-state index is 11.6. The van der Waals surface area contributed by atoms with E-state index in [2.05, 4.69) is 0 Å². The fourth-order valence-corrected chi connectivity index (χ4v) is 2.02. The number of halogens is 1. The van der Waals surface area contributed by atoms with Gasteiger partial charge in [0, 0.05) is 5.88 Å². The Hall–Kier alpha value is -0.840. The molecule has 0 N–H and O–H groups in total. The van der Waals surface area contributed by atoms with Gasteiger partial charge in [-0.1, -0.05) is 29.8 Å². The molecule has 0 aliphatic heterocycles. The van der Waals surface area contributed by atoms with E-state index in [4.69, 9.17) is 15.8 Å². The molecule has 0 atom stereocenters. The summed E-state index contributed by atoms with van der Waals surface area (Å²) < 4.78 is 28.0. The van der Waals surface area contributed by atoms with Gasteiger partial charge in [0.1, 0.15) is 0 Å². The lowest BCUT2D eigenvalue weighted by Gasteiger charge is -2.03. The van der Waals surface area contributed by atoms with E-state index < -0.39 is 10.1 Å². The monoisotopic (exact) mass is 260 g/mol. The molecule has 0 heterocycles. The Morgan fingerprint density at radius 3 is 2.44 bits per heavy atom. The number of rotatable bonds is 5. The fourth-order valence-electron chi connectivity index (χ4n) is 1.03. The molecule has 0 saturated heterocycles. The molecule has 0 radical (unpaired) electrons. The van der Waals surface area contributed by atoms with Crippen molar-refractivity contribution in [2.45, 2.75) is 11.8 Å². The lowest BCUT2D eigenvalue weighted by molar-refractivity contribution is 0.357. The molecule has 5 heteroatoms. The number of alkyl halides is 1. The third-order valence-electron chi connectivity index (χ3n) is 1.88. The number of aryl methyl sites for hydroxylation is 1. The van der Waals surface area contributed by atoms with Crippen LogP contribution in [0.3, 0.4) is 0 Å². The number of benzene rings is 1. The highest BCUT2D eigenvalue weighted by Gasteiger charge is 2.13. The maximum absolute atomic E-state index is 11.6. The number of allylic oxidation sites excluding steroid dienone is 1. The average Bonchev–Trinajstić information content (AvgIpc) is 2.25. The predicted molar refractivity (Wildman–Crippen MR) is 64.2 cm³/mol. The first-order valence-electron chi connectivity index (χ1n) is 4.73. The minimum absolute atomic E-state index is 0.00291. The molecule has 0 unspecified atom stereocenters. The van der Waals surface area contributed by atoms with Crippen LogP contribution >= 0.6 is 11.6 Å². The van der Waals surface area contributed by atoms with Gasteiger partial charge in [0.25, 0.3) is 10.1 Å². The van der Waals surface area contributed by atoms with Crippen molar-refractivity contribution < 1.29 is 12.6 Å². The fraction of sp³-hybridized carbons (Fsp3) is 0.273. The largest absolute Gasteiger partial charge is 0.297 e. The van der Waals surface area contributed by atoms with Crippen LogP contribution in [0, 0.1) is 6.92 Å². The summed E-state index contributed by atoms with van der Waals surface area (Å²) in [6, 6.07) is 6.50. The third-order valence-corrected chi connectivity index (χ3v) is 3.36. The minimum atomic E-state index is -3.65. The summed E-state index contributed by atoms with van der Waals surface area (Å²) in [5, 5.41) is 0. The van der Waals surface area contributed by atoms with E-state index in [1.807, 2.05) is 6.92 Å². The van der Waals surface area contributed by atoms with Gasteiger partial charge in [0.2, 0.25) is 0 Å². The summed E-state index contributed by atoms with van der Waals surface area (Å²) in [7, 11) is -3.65. The number of hydrogen-bond acceptors (Lipinski definition) is 3. The third kappa shape index (κ3) is 3.96. The molecule has 0 spiro atoms. The summed E-state index contributed by atoms with van der Waals surface area (Å²) in [6.45, 7) is 1.89.